The summed E-state index contributed by atoms with van der Waals surface area (Å²) in [5.41, 5.74) is 7.71. The van der Waals surface area contributed by atoms with Crippen LogP contribution < -0.4 is 15.4 Å². The van der Waals surface area contributed by atoms with Crippen molar-refractivity contribution < 1.29 is 4.74 Å². The van der Waals surface area contributed by atoms with Crippen LogP contribution in [0.1, 0.15) is 0 Å². The number of thiazole rings is 1. The van der Waals surface area contributed by atoms with Gasteiger partial charge in [-0.05, 0) is 7.05 Å². The summed E-state index contributed by atoms with van der Waals surface area (Å²) in [6.07, 6.45) is 1.87. The first kappa shape index (κ1) is 12.4. The van der Waals surface area contributed by atoms with Crippen molar-refractivity contribution >= 4 is 32.4 Å². The standard InChI is InChI=1S/C12H17N5OS/c1-16-3-5-17(6-4-16)8-7-14-11(18-2)9-10(8)19-12(13)15-9/h7H,3-6H2,1-2H3,(H2,13,15). The first-order valence-electron chi connectivity index (χ1n) is 6.21. The van der Waals surface area contributed by atoms with Gasteiger partial charge in [0.2, 0.25) is 5.88 Å². The lowest BCUT2D eigenvalue weighted by molar-refractivity contribution is 0.313. The molecule has 3 rings (SSSR count). The van der Waals surface area contributed by atoms with E-state index in [-0.39, 0.29) is 0 Å². The Labute approximate surface area is 115 Å². The number of methoxy groups -OCH3 is 1. The molecular weight excluding hydrogens is 262 g/mol. The van der Waals surface area contributed by atoms with Crippen LogP contribution in [-0.2, 0) is 0 Å². The molecule has 0 amide bonds. The van der Waals surface area contributed by atoms with Gasteiger partial charge in [0.25, 0.3) is 0 Å². The molecule has 0 saturated carbocycles. The molecule has 2 aromatic rings. The van der Waals surface area contributed by atoms with Crippen molar-refractivity contribution in [3.63, 3.8) is 0 Å². The zero-order valence-corrected chi connectivity index (χ0v) is 11.9. The Kier molecular flexibility index (Phi) is 3.16. The second-order valence-corrected chi connectivity index (χ2v) is 5.70. The molecule has 0 radical (unpaired) electrons. The van der Waals surface area contributed by atoms with Crippen LogP contribution in [0.25, 0.3) is 10.2 Å². The zero-order valence-electron chi connectivity index (χ0n) is 11.1. The number of nitrogens with zero attached hydrogens (tertiary/aromatic N) is 4. The number of nitrogen functional groups attached to an aromatic ring is 1. The van der Waals surface area contributed by atoms with Crippen LogP contribution >= 0.6 is 11.3 Å². The predicted molar refractivity (Wildman–Crippen MR) is 78.1 cm³/mol. The minimum Gasteiger partial charge on any atom is -0.479 e. The first-order chi connectivity index (χ1) is 9.19. The molecule has 0 aliphatic carbocycles. The summed E-state index contributed by atoms with van der Waals surface area (Å²) in [4.78, 5) is 13.3. The molecule has 19 heavy (non-hydrogen) atoms. The number of hydrogen-bond donors (Lipinski definition) is 1. The maximum atomic E-state index is 5.83. The summed E-state index contributed by atoms with van der Waals surface area (Å²) in [6.45, 7) is 4.11. The number of hydrogen-bond acceptors (Lipinski definition) is 7. The highest BCUT2D eigenvalue weighted by Crippen LogP contribution is 2.37. The highest BCUT2D eigenvalue weighted by molar-refractivity contribution is 7.22. The van der Waals surface area contributed by atoms with Gasteiger partial charge in [-0.15, -0.1) is 0 Å². The van der Waals surface area contributed by atoms with Crippen molar-refractivity contribution in [3.05, 3.63) is 6.20 Å². The number of likely N-dealkylation sites (N-methyl/N-ethyl adjacent to an activating group) is 1. The van der Waals surface area contributed by atoms with Crippen molar-refractivity contribution in [3.8, 4) is 5.88 Å². The fraction of sp³-hybridized carbons (Fsp3) is 0.500. The number of aromatic nitrogens is 2. The molecular formula is C12H17N5OS. The number of rotatable bonds is 2. The summed E-state index contributed by atoms with van der Waals surface area (Å²) in [5, 5.41) is 0.552. The molecule has 1 saturated heterocycles. The topological polar surface area (TPSA) is 67.5 Å². The third-order valence-corrected chi connectivity index (χ3v) is 4.33. The Hall–Kier alpha value is -1.60. The predicted octanol–water partition coefficient (Wildman–Crippen LogP) is 1.03. The lowest BCUT2D eigenvalue weighted by atomic mass is 10.3. The molecule has 1 aliphatic heterocycles. The van der Waals surface area contributed by atoms with Gasteiger partial charge in [0, 0.05) is 26.2 Å². The van der Waals surface area contributed by atoms with Gasteiger partial charge in [-0.2, -0.15) is 0 Å². The quantitative estimate of drug-likeness (QED) is 0.886. The van der Waals surface area contributed by atoms with E-state index in [9.17, 15) is 0 Å². The summed E-state index contributed by atoms with van der Waals surface area (Å²) in [5.74, 6) is 0.542. The monoisotopic (exact) mass is 279 g/mol. The van der Waals surface area contributed by atoms with E-state index in [4.69, 9.17) is 10.5 Å². The van der Waals surface area contributed by atoms with Crippen LogP contribution in [-0.4, -0.2) is 55.2 Å². The van der Waals surface area contributed by atoms with E-state index >= 15 is 0 Å². The maximum Gasteiger partial charge on any atom is 0.241 e. The van der Waals surface area contributed by atoms with Crippen LogP contribution in [0, 0.1) is 0 Å². The van der Waals surface area contributed by atoms with Gasteiger partial charge in [0.15, 0.2) is 5.13 Å². The van der Waals surface area contributed by atoms with Crippen molar-refractivity contribution in [2.75, 3.05) is 51.0 Å². The fourth-order valence-corrected chi connectivity index (χ4v) is 3.18. The minimum atomic E-state index is 0.542. The number of fused-ring (bicyclic) bond motifs is 1. The van der Waals surface area contributed by atoms with E-state index in [2.05, 4.69) is 26.8 Å². The van der Waals surface area contributed by atoms with Gasteiger partial charge in [0.1, 0.15) is 5.52 Å². The SMILES string of the molecule is COc1ncc(N2CCN(C)CC2)c2sc(N)nc12. The summed E-state index contributed by atoms with van der Waals surface area (Å²) >= 11 is 1.49. The lowest BCUT2D eigenvalue weighted by Gasteiger charge is -2.34. The molecule has 0 unspecified atom stereocenters. The molecule has 0 aromatic carbocycles. The normalized spacial score (nSPS) is 17.1. The van der Waals surface area contributed by atoms with E-state index in [1.54, 1.807) is 7.11 Å². The van der Waals surface area contributed by atoms with Gasteiger partial charge in [0.05, 0.1) is 23.7 Å². The average Bonchev–Trinajstić information content (AvgIpc) is 2.80. The third kappa shape index (κ3) is 2.19. The Bertz CT molecular complexity index is 591. The molecule has 0 atom stereocenters. The average molecular weight is 279 g/mol. The maximum absolute atomic E-state index is 5.83. The van der Waals surface area contributed by atoms with Gasteiger partial charge in [-0.3, -0.25) is 0 Å². The van der Waals surface area contributed by atoms with E-state index in [1.807, 2.05) is 6.20 Å². The van der Waals surface area contributed by atoms with Crippen molar-refractivity contribution in [1.82, 2.24) is 14.9 Å². The van der Waals surface area contributed by atoms with E-state index in [0.29, 0.717) is 11.0 Å². The summed E-state index contributed by atoms with van der Waals surface area (Å²) in [7, 11) is 3.75. The fourth-order valence-electron chi connectivity index (χ4n) is 2.32. The molecule has 1 fully saturated rings. The van der Waals surface area contributed by atoms with E-state index in [0.717, 1.165) is 42.1 Å². The number of piperazine rings is 1. The van der Waals surface area contributed by atoms with Crippen molar-refractivity contribution in [1.29, 1.82) is 0 Å². The van der Waals surface area contributed by atoms with Crippen LogP contribution in [0.5, 0.6) is 5.88 Å². The molecule has 0 spiro atoms. The molecule has 0 bridgehead atoms. The second kappa shape index (κ2) is 4.82. The first-order valence-corrected chi connectivity index (χ1v) is 7.03. The van der Waals surface area contributed by atoms with Gasteiger partial charge >= 0.3 is 0 Å². The smallest absolute Gasteiger partial charge is 0.241 e. The number of pyridine rings is 1. The van der Waals surface area contributed by atoms with E-state index in [1.165, 1.54) is 11.3 Å². The van der Waals surface area contributed by atoms with Crippen molar-refractivity contribution in [2.45, 2.75) is 0 Å². The Morgan fingerprint density at radius 2 is 2.05 bits per heavy atom. The molecule has 7 heteroatoms. The Morgan fingerprint density at radius 1 is 1.32 bits per heavy atom. The Balaban J connectivity index is 2.04. The number of anilines is 2. The minimum absolute atomic E-state index is 0.542. The van der Waals surface area contributed by atoms with Gasteiger partial charge in [-0.25, -0.2) is 9.97 Å². The summed E-state index contributed by atoms with van der Waals surface area (Å²) < 4.78 is 6.31. The molecule has 1 aliphatic rings. The molecule has 3 heterocycles. The summed E-state index contributed by atoms with van der Waals surface area (Å²) in [6, 6.07) is 0. The van der Waals surface area contributed by atoms with Crippen molar-refractivity contribution in [2.24, 2.45) is 0 Å². The van der Waals surface area contributed by atoms with E-state index < -0.39 is 0 Å². The molecule has 6 nitrogen and oxygen atoms in total. The van der Waals surface area contributed by atoms with Crippen LogP contribution in [0.4, 0.5) is 10.8 Å². The highest BCUT2D eigenvalue weighted by Gasteiger charge is 2.20. The largest absolute Gasteiger partial charge is 0.479 e. The van der Waals surface area contributed by atoms with Crippen LogP contribution in [0.15, 0.2) is 6.20 Å². The number of nitrogens with two attached hydrogens (primary N) is 1. The highest BCUT2D eigenvalue weighted by atomic mass is 32.1. The van der Waals surface area contributed by atoms with Gasteiger partial charge < -0.3 is 20.3 Å². The molecule has 102 valence electrons. The molecule has 2 N–H and O–H groups in total. The number of ether oxygens (including phenoxy) is 1. The Morgan fingerprint density at radius 3 is 2.74 bits per heavy atom. The van der Waals surface area contributed by atoms with Crippen LogP contribution in [0.2, 0.25) is 0 Å². The lowest BCUT2D eigenvalue weighted by Crippen LogP contribution is -2.44. The second-order valence-electron chi connectivity index (χ2n) is 4.67. The van der Waals surface area contributed by atoms with Gasteiger partial charge in [-0.1, -0.05) is 11.3 Å². The third-order valence-electron chi connectivity index (χ3n) is 3.42. The zero-order chi connectivity index (χ0) is 13.4. The molecule has 2 aromatic heterocycles. The van der Waals surface area contributed by atoms with Crippen LogP contribution in [0.3, 0.4) is 0 Å².